The Balaban J connectivity index is 2.55. The van der Waals surface area contributed by atoms with E-state index in [2.05, 4.69) is 51.1 Å². The van der Waals surface area contributed by atoms with E-state index in [9.17, 15) is 0 Å². The molecule has 0 atom stereocenters. The van der Waals surface area contributed by atoms with Crippen molar-refractivity contribution >= 4 is 23.4 Å². The summed E-state index contributed by atoms with van der Waals surface area (Å²) >= 11 is 7.39. The fourth-order valence-electron chi connectivity index (χ4n) is 1.33. The summed E-state index contributed by atoms with van der Waals surface area (Å²) in [7, 11) is 0. The monoisotopic (exact) mass is 254 g/mol. The van der Waals surface area contributed by atoms with E-state index in [0.29, 0.717) is 5.88 Å². The second kappa shape index (κ2) is 6.36. The van der Waals surface area contributed by atoms with Gasteiger partial charge in [0.05, 0.1) is 0 Å². The van der Waals surface area contributed by atoms with Crippen molar-refractivity contribution in [3.8, 4) is 0 Å². The molecule has 0 bridgehead atoms. The first-order chi connectivity index (χ1) is 7.54. The van der Waals surface area contributed by atoms with Gasteiger partial charge in [0.1, 0.15) is 0 Å². The number of halogens is 1. The van der Waals surface area contributed by atoms with Gasteiger partial charge in [-0.05, 0) is 23.1 Å². The average Bonchev–Trinajstić information content (AvgIpc) is 2.24. The minimum absolute atomic E-state index is 0.238. The highest BCUT2D eigenvalue weighted by molar-refractivity contribution is 7.99. The van der Waals surface area contributed by atoms with Crippen molar-refractivity contribution in [3.63, 3.8) is 0 Å². The van der Waals surface area contributed by atoms with Gasteiger partial charge in [-0.15, -0.1) is 23.4 Å². The summed E-state index contributed by atoms with van der Waals surface area (Å²) in [5.74, 6) is 1.59. The van der Waals surface area contributed by atoms with Crippen LogP contribution in [-0.4, -0.2) is 11.6 Å². The molecule has 0 fully saturated rings. The summed E-state index contributed by atoms with van der Waals surface area (Å²) in [4.78, 5) is 1.31. The third-order valence-electron chi connectivity index (χ3n) is 2.32. The molecule has 0 aliphatic heterocycles. The SMILES string of the molecule is CC(C)(C)c1ccc(SCC=CCCl)cc1. The van der Waals surface area contributed by atoms with E-state index in [1.165, 1.54) is 10.5 Å². The molecule has 0 aliphatic rings. The van der Waals surface area contributed by atoms with Crippen LogP contribution in [0.25, 0.3) is 0 Å². The molecule has 16 heavy (non-hydrogen) atoms. The molecule has 0 heterocycles. The first kappa shape index (κ1) is 13.7. The Bertz CT molecular complexity index is 333. The largest absolute Gasteiger partial charge is 0.122 e. The maximum atomic E-state index is 5.56. The van der Waals surface area contributed by atoms with Crippen LogP contribution in [0, 0.1) is 0 Å². The smallest absolute Gasteiger partial charge is 0.0404 e. The van der Waals surface area contributed by atoms with Gasteiger partial charge in [0.15, 0.2) is 0 Å². The van der Waals surface area contributed by atoms with Crippen LogP contribution in [-0.2, 0) is 5.41 Å². The average molecular weight is 255 g/mol. The predicted octanol–water partition coefficient (Wildman–Crippen LogP) is 4.87. The van der Waals surface area contributed by atoms with Crippen LogP contribution in [0.5, 0.6) is 0 Å². The highest BCUT2D eigenvalue weighted by atomic mass is 35.5. The Kier molecular flexibility index (Phi) is 5.43. The Morgan fingerprint density at radius 1 is 1.12 bits per heavy atom. The van der Waals surface area contributed by atoms with Gasteiger partial charge < -0.3 is 0 Å². The molecular formula is C14H19ClS. The Hall–Kier alpha value is -0.400. The zero-order valence-electron chi connectivity index (χ0n) is 10.2. The quantitative estimate of drug-likeness (QED) is 0.420. The van der Waals surface area contributed by atoms with E-state index in [1.54, 1.807) is 0 Å². The van der Waals surface area contributed by atoms with Crippen LogP contribution in [0.1, 0.15) is 26.3 Å². The molecule has 0 N–H and O–H groups in total. The highest BCUT2D eigenvalue weighted by Gasteiger charge is 2.12. The Morgan fingerprint density at radius 3 is 2.25 bits per heavy atom. The third-order valence-corrected chi connectivity index (χ3v) is 3.47. The van der Waals surface area contributed by atoms with Gasteiger partial charge in [0.25, 0.3) is 0 Å². The second-order valence-electron chi connectivity index (χ2n) is 4.71. The van der Waals surface area contributed by atoms with Gasteiger partial charge in [-0.2, -0.15) is 0 Å². The van der Waals surface area contributed by atoms with Gasteiger partial charge in [-0.3, -0.25) is 0 Å². The van der Waals surface area contributed by atoms with Gasteiger partial charge in [-0.25, -0.2) is 0 Å². The summed E-state index contributed by atoms with van der Waals surface area (Å²) in [5.41, 5.74) is 1.62. The lowest BCUT2D eigenvalue weighted by Crippen LogP contribution is -2.10. The van der Waals surface area contributed by atoms with Crippen LogP contribution in [0.15, 0.2) is 41.3 Å². The molecule has 0 spiro atoms. The first-order valence-electron chi connectivity index (χ1n) is 5.48. The summed E-state index contributed by atoms with van der Waals surface area (Å²) in [6, 6.07) is 8.82. The molecule has 0 saturated heterocycles. The Morgan fingerprint density at radius 2 is 1.75 bits per heavy atom. The van der Waals surface area contributed by atoms with E-state index in [4.69, 9.17) is 11.6 Å². The first-order valence-corrected chi connectivity index (χ1v) is 7.00. The fraction of sp³-hybridized carbons (Fsp3) is 0.429. The van der Waals surface area contributed by atoms with E-state index >= 15 is 0 Å². The van der Waals surface area contributed by atoms with Gasteiger partial charge in [0, 0.05) is 16.5 Å². The van der Waals surface area contributed by atoms with E-state index in [1.807, 2.05) is 17.8 Å². The zero-order valence-corrected chi connectivity index (χ0v) is 11.7. The molecule has 1 aromatic carbocycles. The van der Waals surface area contributed by atoms with Gasteiger partial charge >= 0.3 is 0 Å². The van der Waals surface area contributed by atoms with E-state index < -0.39 is 0 Å². The maximum absolute atomic E-state index is 5.56. The van der Waals surface area contributed by atoms with Crippen molar-refractivity contribution in [2.24, 2.45) is 0 Å². The topological polar surface area (TPSA) is 0 Å². The molecule has 0 unspecified atom stereocenters. The molecule has 1 aromatic rings. The number of alkyl halides is 1. The molecule has 0 amide bonds. The second-order valence-corrected chi connectivity index (χ2v) is 6.11. The van der Waals surface area contributed by atoms with Crippen LogP contribution in [0.3, 0.4) is 0 Å². The standard InChI is InChI=1S/C14H19ClS/c1-14(2,3)12-6-8-13(9-7-12)16-11-5-4-10-15/h4-9H,10-11H2,1-3H3. The number of benzene rings is 1. The summed E-state index contributed by atoms with van der Waals surface area (Å²) in [5, 5.41) is 0. The fourth-order valence-corrected chi connectivity index (χ4v) is 2.21. The molecule has 1 rings (SSSR count). The highest BCUT2D eigenvalue weighted by Crippen LogP contribution is 2.25. The van der Waals surface area contributed by atoms with Crippen molar-refractivity contribution < 1.29 is 0 Å². The minimum atomic E-state index is 0.238. The van der Waals surface area contributed by atoms with Crippen molar-refractivity contribution in [1.82, 2.24) is 0 Å². The summed E-state index contributed by atoms with van der Waals surface area (Å²) < 4.78 is 0. The van der Waals surface area contributed by atoms with Crippen LogP contribution >= 0.6 is 23.4 Å². The van der Waals surface area contributed by atoms with Crippen molar-refractivity contribution in [2.75, 3.05) is 11.6 Å². The number of hydrogen-bond acceptors (Lipinski definition) is 1. The summed E-state index contributed by atoms with van der Waals surface area (Å²) in [6.07, 6.45) is 4.09. The molecule has 0 nitrogen and oxygen atoms in total. The lowest BCUT2D eigenvalue weighted by Gasteiger charge is -2.18. The number of thioether (sulfide) groups is 1. The van der Waals surface area contributed by atoms with Crippen LogP contribution in [0.2, 0.25) is 0 Å². The molecule has 88 valence electrons. The molecule has 0 radical (unpaired) electrons. The molecule has 2 heteroatoms. The van der Waals surface area contributed by atoms with E-state index in [0.717, 1.165) is 5.75 Å². The van der Waals surface area contributed by atoms with Crippen LogP contribution < -0.4 is 0 Å². The van der Waals surface area contributed by atoms with Crippen molar-refractivity contribution in [2.45, 2.75) is 31.1 Å². The normalized spacial score (nSPS) is 12.2. The molecular weight excluding hydrogens is 236 g/mol. The number of rotatable bonds is 4. The molecule has 0 aliphatic carbocycles. The van der Waals surface area contributed by atoms with Gasteiger partial charge in [0.2, 0.25) is 0 Å². The van der Waals surface area contributed by atoms with Gasteiger partial charge in [-0.1, -0.05) is 45.1 Å². The lowest BCUT2D eigenvalue weighted by molar-refractivity contribution is 0.590. The number of allylic oxidation sites excluding steroid dienone is 1. The lowest BCUT2D eigenvalue weighted by atomic mass is 9.87. The third kappa shape index (κ3) is 4.63. The summed E-state index contributed by atoms with van der Waals surface area (Å²) in [6.45, 7) is 6.70. The molecule has 0 aromatic heterocycles. The maximum Gasteiger partial charge on any atom is 0.0404 e. The van der Waals surface area contributed by atoms with Crippen molar-refractivity contribution in [3.05, 3.63) is 42.0 Å². The molecule has 0 saturated carbocycles. The minimum Gasteiger partial charge on any atom is -0.122 e. The van der Waals surface area contributed by atoms with Crippen molar-refractivity contribution in [1.29, 1.82) is 0 Å². The number of hydrogen-bond donors (Lipinski definition) is 0. The predicted molar refractivity (Wildman–Crippen MR) is 75.7 cm³/mol. The zero-order chi connectivity index (χ0) is 12.0. The van der Waals surface area contributed by atoms with E-state index in [-0.39, 0.29) is 5.41 Å². The Labute approximate surface area is 108 Å². The van der Waals surface area contributed by atoms with Crippen LogP contribution in [0.4, 0.5) is 0 Å².